The molecule has 3 atom stereocenters. The van der Waals surface area contributed by atoms with Gasteiger partial charge < -0.3 is 18.9 Å². The van der Waals surface area contributed by atoms with Crippen molar-refractivity contribution in [2.45, 2.75) is 38.5 Å². The molecule has 8 heteroatoms. The Labute approximate surface area is 223 Å². The summed E-state index contributed by atoms with van der Waals surface area (Å²) in [5.41, 5.74) is 3.40. The largest absolute Gasteiger partial charge is 0.497 e. The van der Waals surface area contributed by atoms with Gasteiger partial charge in [0, 0.05) is 67.0 Å². The second-order valence-corrected chi connectivity index (χ2v) is 10.6. The van der Waals surface area contributed by atoms with E-state index in [9.17, 15) is 4.79 Å². The number of halogens is 2. The van der Waals surface area contributed by atoms with E-state index >= 15 is 0 Å². The summed E-state index contributed by atoms with van der Waals surface area (Å²) in [6.45, 7) is 4.02. The maximum atomic E-state index is 13.7. The fourth-order valence-corrected chi connectivity index (χ4v) is 6.04. The van der Waals surface area contributed by atoms with Crippen LogP contribution < -0.4 is 4.74 Å². The molecule has 0 saturated carbocycles. The van der Waals surface area contributed by atoms with E-state index in [4.69, 9.17) is 32.7 Å². The van der Waals surface area contributed by atoms with Crippen LogP contribution in [0.15, 0.2) is 42.6 Å². The molecule has 194 valence electrons. The molecule has 0 spiro atoms. The van der Waals surface area contributed by atoms with Gasteiger partial charge in [0.2, 0.25) is 5.91 Å². The standard InChI is InChI=1S/C28H35Cl2N3O3/c1-18(35-4)27-26(31(2)16-19-12-21(29)14-22(30)13-19)9-11-33(28(27)34)10-8-20-17-32(3)25-7-6-23(36-5)15-24(20)25/h6-7,12-15,17-18,26-27H,8-11,16H2,1-5H3. The molecule has 4 rings (SSSR count). The molecule has 2 heterocycles. The lowest BCUT2D eigenvalue weighted by Gasteiger charge is -2.44. The minimum absolute atomic E-state index is 0.0586. The number of carbonyl (C=O) groups excluding carboxylic acids is 1. The number of nitrogens with zero attached hydrogens (tertiary/aromatic N) is 3. The van der Waals surface area contributed by atoms with E-state index in [0.717, 1.165) is 29.7 Å². The van der Waals surface area contributed by atoms with E-state index in [1.165, 1.54) is 10.9 Å². The van der Waals surface area contributed by atoms with Crippen LogP contribution in [-0.4, -0.2) is 66.8 Å². The van der Waals surface area contributed by atoms with Gasteiger partial charge in [0.15, 0.2) is 0 Å². The number of aromatic nitrogens is 1. The number of fused-ring (bicyclic) bond motifs is 1. The highest BCUT2D eigenvalue weighted by Crippen LogP contribution is 2.30. The van der Waals surface area contributed by atoms with Crippen molar-refractivity contribution in [1.82, 2.24) is 14.4 Å². The van der Waals surface area contributed by atoms with Crippen LogP contribution in [0, 0.1) is 5.92 Å². The minimum atomic E-state index is -0.254. The minimum Gasteiger partial charge on any atom is -0.497 e. The van der Waals surface area contributed by atoms with Crippen molar-refractivity contribution in [2.75, 3.05) is 34.4 Å². The molecule has 3 aromatic rings. The van der Waals surface area contributed by atoms with Gasteiger partial charge >= 0.3 is 0 Å². The van der Waals surface area contributed by atoms with Crippen LogP contribution >= 0.6 is 23.2 Å². The second-order valence-electron chi connectivity index (χ2n) is 9.74. The third-order valence-corrected chi connectivity index (χ3v) is 7.87. The number of hydrogen-bond acceptors (Lipinski definition) is 4. The zero-order valence-corrected chi connectivity index (χ0v) is 23.1. The number of aryl methyl sites for hydroxylation is 1. The molecular formula is C28H35Cl2N3O3. The molecule has 1 amide bonds. The Balaban J connectivity index is 1.49. The molecule has 36 heavy (non-hydrogen) atoms. The number of methoxy groups -OCH3 is 2. The molecule has 1 aliphatic rings. The molecule has 0 aliphatic carbocycles. The maximum Gasteiger partial charge on any atom is 0.229 e. The van der Waals surface area contributed by atoms with Gasteiger partial charge in [-0.3, -0.25) is 9.69 Å². The van der Waals surface area contributed by atoms with Crippen molar-refractivity contribution in [1.29, 1.82) is 0 Å². The Hall–Kier alpha value is -2.25. The number of likely N-dealkylation sites (tertiary alicyclic amines) is 1. The lowest BCUT2D eigenvalue weighted by molar-refractivity contribution is -0.148. The van der Waals surface area contributed by atoms with E-state index in [0.29, 0.717) is 29.7 Å². The average Bonchev–Trinajstić information content (AvgIpc) is 3.16. The van der Waals surface area contributed by atoms with Crippen molar-refractivity contribution >= 4 is 40.0 Å². The van der Waals surface area contributed by atoms with Crippen molar-refractivity contribution in [3.63, 3.8) is 0 Å². The van der Waals surface area contributed by atoms with Gasteiger partial charge in [-0.2, -0.15) is 0 Å². The number of carbonyl (C=O) groups is 1. The highest BCUT2D eigenvalue weighted by molar-refractivity contribution is 6.34. The fraction of sp³-hybridized carbons (Fsp3) is 0.464. The predicted octanol–water partition coefficient (Wildman–Crippen LogP) is 5.42. The summed E-state index contributed by atoms with van der Waals surface area (Å²) in [6, 6.07) is 11.8. The van der Waals surface area contributed by atoms with Crippen LogP contribution in [0.25, 0.3) is 10.9 Å². The van der Waals surface area contributed by atoms with E-state index in [-0.39, 0.29) is 24.0 Å². The van der Waals surface area contributed by atoms with Gasteiger partial charge in [-0.05, 0) is 74.3 Å². The van der Waals surface area contributed by atoms with Gasteiger partial charge in [-0.1, -0.05) is 23.2 Å². The highest BCUT2D eigenvalue weighted by atomic mass is 35.5. The number of piperidine rings is 1. The lowest BCUT2D eigenvalue weighted by atomic mass is 9.85. The number of hydrogen-bond donors (Lipinski definition) is 0. The Morgan fingerprint density at radius 2 is 1.86 bits per heavy atom. The third kappa shape index (κ3) is 5.67. The predicted molar refractivity (Wildman–Crippen MR) is 146 cm³/mol. The second kappa shape index (κ2) is 11.4. The van der Waals surface area contributed by atoms with Crippen molar-refractivity contribution < 1.29 is 14.3 Å². The molecular weight excluding hydrogens is 497 g/mol. The first-order chi connectivity index (χ1) is 17.2. The van der Waals surface area contributed by atoms with Gasteiger partial charge in [0.25, 0.3) is 0 Å². The molecule has 3 unspecified atom stereocenters. The average molecular weight is 533 g/mol. The molecule has 1 aliphatic heterocycles. The molecule has 1 aromatic heterocycles. The first kappa shape index (κ1) is 26.8. The Kier molecular flexibility index (Phi) is 8.51. The topological polar surface area (TPSA) is 46.9 Å². The molecule has 6 nitrogen and oxygen atoms in total. The first-order valence-corrected chi connectivity index (χ1v) is 13.1. The Morgan fingerprint density at radius 1 is 1.14 bits per heavy atom. The monoisotopic (exact) mass is 531 g/mol. The molecule has 1 fully saturated rings. The van der Waals surface area contributed by atoms with E-state index in [2.05, 4.69) is 34.8 Å². The fourth-order valence-electron chi connectivity index (χ4n) is 5.47. The number of ether oxygens (including phenoxy) is 2. The molecule has 0 bridgehead atoms. The number of benzene rings is 2. The van der Waals surface area contributed by atoms with Crippen LogP contribution in [0.4, 0.5) is 0 Å². The molecule has 1 saturated heterocycles. The molecule has 0 N–H and O–H groups in total. The van der Waals surface area contributed by atoms with Crippen molar-refractivity contribution in [3.05, 3.63) is 63.8 Å². The smallest absolute Gasteiger partial charge is 0.229 e. The molecule has 2 aromatic carbocycles. The normalized spacial score (nSPS) is 19.3. The van der Waals surface area contributed by atoms with Gasteiger partial charge in [-0.15, -0.1) is 0 Å². The van der Waals surface area contributed by atoms with Crippen molar-refractivity contribution in [3.8, 4) is 5.75 Å². The van der Waals surface area contributed by atoms with Gasteiger partial charge in [0.1, 0.15) is 5.75 Å². The van der Waals surface area contributed by atoms with Crippen LogP contribution in [0.5, 0.6) is 5.75 Å². The summed E-state index contributed by atoms with van der Waals surface area (Å²) in [6.07, 6.45) is 3.61. The third-order valence-electron chi connectivity index (χ3n) is 7.43. The maximum absolute atomic E-state index is 13.7. The molecule has 0 radical (unpaired) electrons. The van der Waals surface area contributed by atoms with Crippen LogP contribution in [0.3, 0.4) is 0 Å². The summed E-state index contributed by atoms with van der Waals surface area (Å²) >= 11 is 12.4. The van der Waals surface area contributed by atoms with Gasteiger partial charge in [0.05, 0.1) is 19.1 Å². The van der Waals surface area contributed by atoms with Crippen LogP contribution in [0.2, 0.25) is 10.0 Å². The summed E-state index contributed by atoms with van der Waals surface area (Å²) in [4.78, 5) is 18.0. The zero-order chi connectivity index (χ0) is 26.0. The van der Waals surface area contributed by atoms with Crippen LogP contribution in [-0.2, 0) is 29.5 Å². The Bertz CT molecular complexity index is 1210. The summed E-state index contributed by atoms with van der Waals surface area (Å²) in [5.74, 6) is 0.732. The first-order valence-electron chi connectivity index (χ1n) is 12.3. The SMILES string of the molecule is COc1ccc2c(c1)c(CCN1CCC(N(C)Cc3cc(Cl)cc(Cl)c3)C(C(C)OC)C1=O)cn2C. The summed E-state index contributed by atoms with van der Waals surface area (Å²) in [5, 5.41) is 2.40. The van der Waals surface area contributed by atoms with E-state index < -0.39 is 0 Å². The van der Waals surface area contributed by atoms with Gasteiger partial charge in [-0.25, -0.2) is 0 Å². The summed E-state index contributed by atoms with van der Waals surface area (Å²) in [7, 11) is 7.46. The summed E-state index contributed by atoms with van der Waals surface area (Å²) < 4.78 is 13.3. The number of rotatable bonds is 9. The Morgan fingerprint density at radius 3 is 2.53 bits per heavy atom. The van der Waals surface area contributed by atoms with E-state index in [1.807, 2.05) is 37.1 Å². The number of amides is 1. The van der Waals surface area contributed by atoms with Crippen molar-refractivity contribution in [2.24, 2.45) is 13.0 Å². The van der Waals surface area contributed by atoms with Crippen LogP contribution in [0.1, 0.15) is 24.5 Å². The zero-order valence-electron chi connectivity index (χ0n) is 21.6. The highest BCUT2D eigenvalue weighted by Gasteiger charge is 2.41. The lowest BCUT2D eigenvalue weighted by Crippen LogP contribution is -2.57. The quantitative estimate of drug-likeness (QED) is 0.369. The van der Waals surface area contributed by atoms with E-state index in [1.54, 1.807) is 20.3 Å².